The van der Waals surface area contributed by atoms with Crippen LogP contribution in [0.3, 0.4) is 0 Å². The quantitative estimate of drug-likeness (QED) is 0.866. The third-order valence-corrected chi connectivity index (χ3v) is 2.46. The molecule has 0 unspecified atom stereocenters. The van der Waals surface area contributed by atoms with Gasteiger partial charge in [0.25, 0.3) is 0 Å². The monoisotopic (exact) mass is 243 g/mol. The van der Waals surface area contributed by atoms with Gasteiger partial charge in [0.2, 0.25) is 0 Å². The molecule has 0 fully saturated rings. The minimum Gasteiger partial charge on any atom is -0.494 e. The van der Waals surface area contributed by atoms with Crippen molar-refractivity contribution in [2.24, 2.45) is 0 Å². The molecule has 0 radical (unpaired) electrons. The SMILES string of the molecule is CCOc1cccc(Nc2ncc(C)cc2N)c1. The number of ether oxygens (including phenoxy) is 1. The maximum atomic E-state index is 5.91. The van der Waals surface area contributed by atoms with Gasteiger partial charge < -0.3 is 15.8 Å². The van der Waals surface area contributed by atoms with Crippen molar-refractivity contribution in [1.29, 1.82) is 0 Å². The van der Waals surface area contributed by atoms with Crippen LogP contribution in [0.4, 0.5) is 17.2 Å². The summed E-state index contributed by atoms with van der Waals surface area (Å²) in [7, 11) is 0. The summed E-state index contributed by atoms with van der Waals surface area (Å²) in [5, 5.41) is 3.18. The second-order valence-corrected chi connectivity index (χ2v) is 4.04. The van der Waals surface area contributed by atoms with Crippen LogP contribution in [0.1, 0.15) is 12.5 Å². The molecule has 2 rings (SSSR count). The Bertz CT molecular complexity index is 540. The van der Waals surface area contributed by atoms with Crippen molar-refractivity contribution in [3.63, 3.8) is 0 Å². The summed E-state index contributed by atoms with van der Waals surface area (Å²) in [5.41, 5.74) is 8.49. The lowest BCUT2D eigenvalue weighted by Crippen LogP contribution is -2.00. The van der Waals surface area contributed by atoms with Gasteiger partial charge in [-0.1, -0.05) is 6.07 Å². The molecule has 0 amide bonds. The van der Waals surface area contributed by atoms with Gasteiger partial charge in [-0.3, -0.25) is 0 Å². The fourth-order valence-corrected chi connectivity index (χ4v) is 1.66. The number of hydrogen-bond donors (Lipinski definition) is 2. The third kappa shape index (κ3) is 2.91. The average Bonchev–Trinajstić information content (AvgIpc) is 2.34. The van der Waals surface area contributed by atoms with Crippen LogP contribution in [-0.4, -0.2) is 11.6 Å². The largest absolute Gasteiger partial charge is 0.494 e. The number of aromatic nitrogens is 1. The number of nitrogen functional groups attached to an aromatic ring is 1. The lowest BCUT2D eigenvalue weighted by atomic mass is 10.2. The minimum absolute atomic E-state index is 0.636. The lowest BCUT2D eigenvalue weighted by molar-refractivity contribution is 0.340. The maximum absolute atomic E-state index is 5.91. The van der Waals surface area contributed by atoms with Crippen molar-refractivity contribution in [3.05, 3.63) is 42.1 Å². The highest BCUT2D eigenvalue weighted by molar-refractivity contribution is 5.69. The molecule has 18 heavy (non-hydrogen) atoms. The molecule has 3 N–H and O–H groups in total. The second kappa shape index (κ2) is 5.40. The zero-order chi connectivity index (χ0) is 13.0. The molecule has 4 heteroatoms. The summed E-state index contributed by atoms with van der Waals surface area (Å²) in [5.74, 6) is 1.49. The number of anilines is 3. The Morgan fingerprint density at radius 2 is 2.17 bits per heavy atom. The van der Waals surface area contributed by atoms with Gasteiger partial charge in [0.15, 0.2) is 5.82 Å². The van der Waals surface area contributed by atoms with Crippen LogP contribution in [0.25, 0.3) is 0 Å². The summed E-state index contributed by atoms with van der Waals surface area (Å²) >= 11 is 0. The molecule has 1 aromatic carbocycles. The highest BCUT2D eigenvalue weighted by Gasteiger charge is 2.02. The standard InChI is InChI=1S/C14H17N3O/c1-3-18-12-6-4-5-11(8-12)17-14-13(15)7-10(2)9-16-14/h4-9H,3,15H2,1-2H3,(H,16,17). The fourth-order valence-electron chi connectivity index (χ4n) is 1.66. The molecule has 0 spiro atoms. The van der Waals surface area contributed by atoms with E-state index in [0.717, 1.165) is 17.0 Å². The summed E-state index contributed by atoms with van der Waals surface area (Å²) in [6.45, 7) is 4.57. The van der Waals surface area contributed by atoms with Crippen LogP contribution in [-0.2, 0) is 0 Å². The Hall–Kier alpha value is -2.23. The molecule has 0 saturated carbocycles. The van der Waals surface area contributed by atoms with E-state index >= 15 is 0 Å². The molecule has 2 aromatic rings. The van der Waals surface area contributed by atoms with Gasteiger partial charge in [0.1, 0.15) is 5.75 Å². The van der Waals surface area contributed by atoms with Gasteiger partial charge in [-0.15, -0.1) is 0 Å². The van der Waals surface area contributed by atoms with Crippen LogP contribution in [0.2, 0.25) is 0 Å². The van der Waals surface area contributed by atoms with Crippen molar-refractivity contribution < 1.29 is 4.74 Å². The maximum Gasteiger partial charge on any atom is 0.153 e. The van der Waals surface area contributed by atoms with Gasteiger partial charge >= 0.3 is 0 Å². The van der Waals surface area contributed by atoms with Crippen molar-refractivity contribution in [2.75, 3.05) is 17.7 Å². The molecule has 4 nitrogen and oxygen atoms in total. The zero-order valence-corrected chi connectivity index (χ0v) is 10.6. The van der Waals surface area contributed by atoms with E-state index in [2.05, 4.69) is 10.3 Å². The van der Waals surface area contributed by atoms with E-state index in [9.17, 15) is 0 Å². The van der Waals surface area contributed by atoms with Crippen molar-refractivity contribution in [2.45, 2.75) is 13.8 Å². The topological polar surface area (TPSA) is 60.2 Å². The summed E-state index contributed by atoms with van der Waals surface area (Å²) in [4.78, 5) is 4.27. The summed E-state index contributed by atoms with van der Waals surface area (Å²) in [6, 6.07) is 9.61. The number of nitrogens with zero attached hydrogens (tertiary/aromatic N) is 1. The normalized spacial score (nSPS) is 10.1. The predicted octanol–water partition coefficient (Wildman–Crippen LogP) is 3.11. The van der Waals surface area contributed by atoms with Crippen LogP contribution >= 0.6 is 0 Å². The molecule has 0 aliphatic carbocycles. The average molecular weight is 243 g/mol. The molecule has 1 heterocycles. The fraction of sp³-hybridized carbons (Fsp3) is 0.214. The number of aryl methyl sites for hydroxylation is 1. The number of nitrogens with two attached hydrogens (primary N) is 1. The predicted molar refractivity (Wildman–Crippen MR) is 74.3 cm³/mol. The molecule has 1 aromatic heterocycles. The zero-order valence-electron chi connectivity index (χ0n) is 10.6. The van der Waals surface area contributed by atoms with E-state index in [1.807, 2.05) is 44.2 Å². The first-order chi connectivity index (χ1) is 8.69. The first kappa shape index (κ1) is 12.2. The Balaban J connectivity index is 2.20. The van der Waals surface area contributed by atoms with Crippen LogP contribution in [0.5, 0.6) is 5.75 Å². The molecular formula is C14H17N3O. The number of pyridine rings is 1. The third-order valence-electron chi connectivity index (χ3n) is 2.46. The Morgan fingerprint density at radius 1 is 1.33 bits per heavy atom. The van der Waals surface area contributed by atoms with E-state index in [4.69, 9.17) is 10.5 Å². The number of benzene rings is 1. The van der Waals surface area contributed by atoms with Gasteiger partial charge in [-0.05, 0) is 37.6 Å². The van der Waals surface area contributed by atoms with Gasteiger partial charge in [0, 0.05) is 18.0 Å². The molecule has 0 atom stereocenters. The molecule has 0 bridgehead atoms. The minimum atomic E-state index is 0.636. The first-order valence-corrected chi connectivity index (χ1v) is 5.91. The van der Waals surface area contributed by atoms with E-state index in [-0.39, 0.29) is 0 Å². The van der Waals surface area contributed by atoms with Crippen molar-refractivity contribution in [1.82, 2.24) is 4.98 Å². The van der Waals surface area contributed by atoms with Crippen molar-refractivity contribution >= 4 is 17.2 Å². The van der Waals surface area contributed by atoms with Crippen LogP contribution in [0, 0.1) is 6.92 Å². The Labute approximate surface area is 107 Å². The summed E-state index contributed by atoms with van der Waals surface area (Å²) < 4.78 is 5.44. The highest BCUT2D eigenvalue weighted by atomic mass is 16.5. The Kier molecular flexibility index (Phi) is 3.67. The van der Waals surface area contributed by atoms with E-state index in [1.165, 1.54) is 0 Å². The number of hydrogen-bond acceptors (Lipinski definition) is 4. The van der Waals surface area contributed by atoms with Crippen molar-refractivity contribution in [3.8, 4) is 5.75 Å². The molecular weight excluding hydrogens is 226 g/mol. The van der Waals surface area contributed by atoms with E-state index < -0.39 is 0 Å². The second-order valence-electron chi connectivity index (χ2n) is 4.04. The Morgan fingerprint density at radius 3 is 2.89 bits per heavy atom. The number of nitrogens with one attached hydrogen (secondary N) is 1. The molecule has 94 valence electrons. The number of rotatable bonds is 4. The first-order valence-electron chi connectivity index (χ1n) is 5.91. The van der Waals surface area contributed by atoms with Gasteiger partial charge in [-0.2, -0.15) is 0 Å². The van der Waals surface area contributed by atoms with Crippen LogP contribution < -0.4 is 15.8 Å². The lowest BCUT2D eigenvalue weighted by Gasteiger charge is -2.10. The molecule has 0 saturated heterocycles. The van der Waals surface area contributed by atoms with Gasteiger partial charge in [0.05, 0.1) is 12.3 Å². The summed E-state index contributed by atoms with van der Waals surface area (Å²) in [6.07, 6.45) is 1.78. The van der Waals surface area contributed by atoms with Crippen LogP contribution in [0.15, 0.2) is 36.5 Å². The highest BCUT2D eigenvalue weighted by Crippen LogP contribution is 2.24. The van der Waals surface area contributed by atoms with E-state index in [1.54, 1.807) is 6.20 Å². The molecule has 0 aliphatic rings. The smallest absolute Gasteiger partial charge is 0.153 e. The molecule has 0 aliphatic heterocycles. The van der Waals surface area contributed by atoms with E-state index in [0.29, 0.717) is 18.1 Å². The van der Waals surface area contributed by atoms with Gasteiger partial charge in [-0.25, -0.2) is 4.98 Å².